The molecule has 2 heterocycles. The van der Waals surface area contributed by atoms with E-state index in [0.717, 1.165) is 49.9 Å². The Morgan fingerprint density at radius 1 is 1.16 bits per heavy atom. The van der Waals surface area contributed by atoms with Crippen LogP contribution >= 0.6 is 11.3 Å². The third-order valence-corrected chi connectivity index (χ3v) is 7.17. The van der Waals surface area contributed by atoms with E-state index in [4.69, 9.17) is 0 Å². The van der Waals surface area contributed by atoms with Gasteiger partial charge in [0.1, 0.15) is 11.4 Å². The second-order valence-corrected chi connectivity index (χ2v) is 11.2. The summed E-state index contributed by atoms with van der Waals surface area (Å²) in [6, 6.07) is 1.67. The minimum absolute atomic E-state index is 0.0648. The monoisotopic (exact) mass is 458 g/mol. The van der Waals surface area contributed by atoms with Crippen molar-refractivity contribution in [1.82, 2.24) is 4.90 Å². The van der Waals surface area contributed by atoms with Gasteiger partial charge in [-0.3, -0.25) is 9.59 Å². The van der Waals surface area contributed by atoms with Gasteiger partial charge in [0.15, 0.2) is 0 Å². The van der Waals surface area contributed by atoms with Gasteiger partial charge in [0.05, 0.1) is 10.6 Å². The van der Waals surface area contributed by atoms with E-state index in [9.17, 15) is 19.5 Å². The maximum absolute atomic E-state index is 13.6. The number of carbonyl (C=O) groups excluding carboxylic acids is 2. The molecule has 0 atom stereocenters. The van der Waals surface area contributed by atoms with Crippen LogP contribution in [0.5, 0.6) is 0 Å². The Labute approximate surface area is 195 Å². The largest absolute Gasteiger partial charge is 0.477 e. The molecule has 0 bridgehead atoms. The van der Waals surface area contributed by atoms with E-state index >= 15 is 0 Å². The number of carboxylic acids is 1. The molecule has 1 N–H and O–H groups in total. The SMILES string of the molecule is CC1CCC(C(=O)N(CC(=O)N2CCCC2)c2cc(C#CC(C)(C)C)sc2C(=O)O)CC1. The van der Waals surface area contributed by atoms with Crippen molar-refractivity contribution in [3.63, 3.8) is 0 Å². The predicted molar refractivity (Wildman–Crippen MR) is 127 cm³/mol. The molecule has 1 aromatic heterocycles. The van der Waals surface area contributed by atoms with E-state index < -0.39 is 5.97 Å². The highest BCUT2D eigenvalue weighted by Gasteiger charge is 2.34. The van der Waals surface area contributed by atoms with Crippen molar-refractivity contribution in [3.8, 4) is 11.8 Å². The standard InChI is InChI=1S/C25H34N2O4S/c1-17-7-9-18(10-8-17)23(29)27(16-21(28)26-13-5-6-14-26)20-15-19(11-12-25(2,3)4)32-22(20)24(30)31/h15,17-18H,5-10,13-14,16H2,1-4H3,(H,30,31). The Morgan fingerprint density at radius 2 is 1.78 bits per heavy atom. The maximum atomic E-state index is 13.6. The molecule has 3 rings (SSSR count). The summed E-state index contributed by atoms with van der Waals surface area (Å²) in [5.74, 6) is 5.24. The van der Waals surface area contributed by atoms with Gasteiger partial charge in [0.25, 0.3) is 0 Å². The van der Waals surface area contributed by atoms with Crippen molar-refractivity contribution in [2.75, 3.05) is 24.5 Å². The first kappa shape index (κ1) is 24.3. The van der Waals surface area contributed by atoms with E-state index in [1.54, 1.807) is 11.0 Å². The highest BCUT2D eigenvalue weighted by atomic mass is 32.1. The lowest BCUT2D eigenvalue weighted by Crippen LogP contribution is -2.45. The highest BCUT2D eigenvalue weighted by Crippen LogP contribution is 2.35. The number of aromatic carboxylic acids is 1. The Kier molecular flexibility index (Phi) is 7.66. The van der Waals surface area contributed by atoms with Crippen molar-refractivity contribution < 1.29 is 19.5 Å². The molecule has 1 aromatic rings. The normalized spacial score (nSPS) is 21.1. The Bertz CT molecular complexity index is 920. The zero-order chi connectivity index (χ0) is 23.5. The second-order valence-electron chi connectivity index (χ2n) is 10.1. The van der Waals surface area contributed by atoms with Crippen LogP contribution in [0.15, 0.2) is 6.07 Å². The molecule has 0 unspecified atom stereocenters. The molecular formula is C25H34N2O4S. The Morgan fingerprint density at radius 3 is 2.34 bits per heavy atom. The van der Waals surface area contributed by atoms with Crippen LogP contribution in [-0.2, 0) is 9.59 Å². The molecule has 174 valence electrons. The summed E-state index contributed by atoms with van der Waals surface area (Å²) in [6.07, 6.45) is 5.43. The molecule has 2 amide bonds. The fraction of sp³-hybridized carbons (Fsp3) is 0.640. The average Bonchev–Trinajstić information content (AvgIpc) is 3.40. The van der Waals surface area contributed by atoms with Crippen LogP contribution < -0.4 is 4.90 Å². The van der Waals surface area contributed by atoms with Crippen LogP contribution in [0.2, 0.25) is 0 Å². The van der Waals surface area contributed by atoms with Gasteiger partial charge < -0.3 is 14.9 Å². The number of carboxylic acid groups (broad SMARTS) is 1. The van der Waals surface area contributed by atoms with Crippen molar-refractivity contribution in [2.45, 2.75) is 66.2 Å². The van der Waals surface area contributed by atoms with Crippen LogP contribution in [0.25, 0.3) is 0 Å². The smallest absolute Gasteiger partial charge is 0.348 e. The summed E-state index contributed by atoms with van der Waals surface area (Å²) in [5, 5.41) is 9.86. The summed E-state index contributed by atoms with van der Waals surface area (Å²) < 4.78 is 0. The van der Waals surface area contributed by atoms with E-state index in [-0.39, 0.29) is 34.6 Å². The number of thiophene rings is 1. The van der Waals surface area contributed by atoms with E-state index in [2.05, 4.69) is 18.8 Å². The number of nitrogens with zero attached hydrogens (tertiary/aromatic N) is 2. The van der Waals surface area contributed by atoms with Crippen molar-refractivity contribution in [1.29, 1.82) is 0 Å². The van der Waals surface area contributed by atoms with Crippen LogP contribution in [0.3, 0.4) is 0 Å². The van der Waals surface area contributed by atoms with Gasteiger partial charge in [-0.2, -0.15) is 0 Å². The lowest BCUT2D eigenvalue weighted by atomic mass is 9.82. The number of hydrogen-bond donors (Lipinski definition) is 1. The molecule has 6 nitrogen and oxygen atoms in total. The average molecular weight is 459 g/mol. The fourth-order valence-corrected chi connectivity index (χ4v) is 5.11. The number of likely N-dealkylation sites (tertiary alicyclic amines) is 1. The molecule has 1 saturated heterocycles. The molecule has 0 aromatic carbocycles. The quantitative estimate of drug-likeness (QED) is 0.653. The number of carbonyl (C=O) groups is 3. The van der Waals surface area contributed by atoms with Crippen LogP contribution in [0.4, 0.5) is 5.69 Å². The lowest BCUT2D eigenvalue weighted by molar-refractivity contribution is -0.131. The number of hydrogen-bond acceptors (Lipinski definition) is 4. The van der Waals surface area contributed by atoms with Crippen LogP contribution in [0, 0.1) is 29.1 Å². The third-order valence-electron chi connectivity index (χ3n) is 6.14. The molecule has 0 radical (unpaired) electrons. The Hall–Kier alpha value is -2.33. The Balaban J connectivity index is 1.96. The minimum atomic E-state index is -1.10. The van der Waals surface area contributed by atoms with Gasteiger partial charge in [-0.1, -0.05) is 18.8 Å². The molecule has 2 aliphatic rings. The molecule has 1 aliphatic heterocycles. The zero-order valence-corrected chi connectivity index (χ0v) is 20.4. The van der Waals surface area contributed by atoms with E-state index in [1.807, 2.05) is 20.8 Å². The molecule has 0 spiro atoms. The van der Waals surface area contributed by atoms with Gasteiger partial charge in [0, 0.05) is 24.4 Å². The molecule has 1 saturated carbocycles. The molecule has 32 heavy (non-hydrogen) atoms. The third kappa shape index (κ3) is 6.13. The van der Waals surface area contributed by atoms with Crippen molar-refractivity contribution >= 4 is 34.8 Å². The highest BCUT2D eigenvalue weighted by molar-refractivity contribution is 7.15. The lowest BCUT2D eigenvalue weighted by Gasteiger charge is -2.31. The van der Waals surface area contributed by atoms with Gasteiger partial charge in [-0.15, -0.1) is 11.3 Å². The summed E-state index contributed by atoms with van der Waals surface area (Å²) in [5.41, 5.74) is 0.0741. The fourth-order valence-electron chi connectivity index (χ4n) is 4.26. The number of anilines is 1. The maximum Gasteiger partial charge on any atom is 0.348 e. The van der Waals surface area contributed by atoms with Gasteiger partial charge >= 0.3 is 5.97 Å². The van der Waals surface area contributed by atoms with Gasteiger partial charge in [-0.25, -0.2) is 4.79 Å². The number of rotatable bonds is 5. The van der Waals surface area contributed by atoms with E-state index in [0.29, 0.717) is 29.6 Å². The van der Waals surface area contributed by atoms with Crippen LogP contribution in [0.1, 0.15) is 80.8 Å². The molecular weight excluding hydrogens is 424 g/mol. The van der Waals surface area contributed by atoms with Crippen molar-refractivity contribution in [2.24, 2.45) is 17.3 Å². The zero-order valence-electron chi connectivity index (χ0n) is 19.6. The summed E-state index contributed by atoms with van der Waals surface area (Å²) in [4.78, 5) is 42.5. The predicted octanol–water partition coefficient (Wildman–Crippen LogP) is 4.63. The molecule has 7 heteroatoms. The minimum Gasteiger partial charge on any atom is -0.477 e. The summed E-state index contributed by atoms with van der Waals surface area (Å²) >= 11 is 1.07. The number of amides is 2. The first-order chi connectivity index (χ1) is 15.0. The van der Waals surface area contributed by atoms with Gasteiger partial charge in [-0.05, 0) is 71.3 Å². The topological polar surface area (TPSA) is 77.9 Å². The second kappa shape index (κ2) is 10.1. The van der Waals surface area contributed by atoms with Crippen molar-refractivity contribution in [3.05, 3.63) is 15.8 Å². The van der Waals surface area contributed by atoms with E-state index in [1.165, 1.54) is 4.90 Å². The summed E-state index contributed by atoms with van der Waals surface area (Å²) in [6.45, 7) is 9.42. The van der Waals surface area contributed by atoms with Gasteiger partial charge in [0.2, 0.25) is 11.8 Å². The first-order valence-corrected chi connectivity index (χ1v) is 12.4. The molecule has 2 fully saturated rings. The molecule has 1 aliphatic carbocycles. The summed E-state index contributed by atoms with van der Waals surface area (Å²) in [7, 11) is 0. The first-order valence-electron chi connectivity index (χ1n) is 11.5. The van der Waals surface area contributed by atoms with Crippen LogP contribution in [-0.4, -0.2) is 47.4 Å².